The van der Waals surface area contributed by atoms with Crippen LogP contribution in [0.15, 0.2) is 35.6 Å². The molecule has 0 N–H and O–H groups in total. The molecular formula is C18H15N3OS2. The van der Waals surface area contributed by atoms with Crippen molar-refractivity contribution in [2.45, 2.75) is 24.3 Å². The van der Waals surface area contributed by atoms with Gasteiger partial charge in [0.05, 0.1) is 18.2 Å². The van der Waals surface area contributed by atoms with E-state index in [1.165, 1.54) is 28.7 Å². The number of hydrogen-bond acceptors (Lipinski definition) is 6. The highest BCUT2D eigenvalue weighted by molar-refractivity contribution is 7.99. The van der Waals surface area contributed by atoms with E-state index >= 15 is 0 Å². The average molecular weight is 353 g/mol. The zero-order chi connectivity index (χ0) is 16.4. The number of hydrogen-bond donors (Lipinski definition) is 0. The van der Waals surface area contributed by atoms with Crippen LogP contribution >= 0.6 is 23.1 Å². The number of nitriles is 1. The Hall–Kier alpha value is -2.10. The quantitative estimate of drug-likeness (QED) is 0.390. The Morgan fingerprint density at radius 1 is 1.21 bits per heavy atom. The number of nitrogens with zero attached hydrogens (tertiary/aromatic N) is 3. The second-order valence-electron chi connectivity index (χ2n) is 5.55. The van der Waals surface area contributed by atoms with E-state index in [9.17, 15) is 0 Å². The van der Waals surface area contributed by atoms with Gasteiger partial charge >= 0.3 is 0 Å². The molecule has 0 atom stereocenters. The van der Waals surface area contributed by atoms with Crippen molar-refractivity contribution in [2.24, 2.45) is 0 Å². The number of benzene rings is 1. The molecule has 1 aliphatic carbocycles. The summed E-state index contributed by atoms with van der Waals surface area (Å²) >= 11 is 3.54. The van der Waals surface area contributed by atoms with Crippen LogP contribution in [-0.2, 0) is 12.8 Å². The number of thiophene rings is 1. The van der Waals surface area contributed by atoms with Gasteiger partial charge in [0.25, 0.3) is 0 Å². The first-order chi connectivity index (χ1) is 11.8. The Morgan fingerprint density at radius 2 is 2.08 bits per heavy atom. The van der Waals surface area contributed by atoms with E-state index in [-0.39, 0.29) is 0 Å². The maximum atomic E-state index is 8.80. The first-order valence-corrected chi connectivity index (χ1v) is 9.66. The van der Waals surface area contributed by atoms with E-state index < -0.39 is 0 Å². The maximum Gasteiger partial charge on any atom is 0.128 e. The lowest BCUT2D eigenvalue weighted by atomic mass is 10.2. The molecule has 0 saturated heterocycles. The molecule has 0 saturated carbocycles. The van der Waals surface area contributed by atoms with Gasteiger partial charge in [-0.2, -0.15) is 5.26 Å². The lowest BCUT2D eigenvalue weighted by molar-refractivity contribution is 0.344. The van der Waals surface area contributed by atoms with Crippen LogP contribution in [0.5, 0.6) is 5.75 Å². The van der Waals surface area contributed by atoms with Gasteiger partial charge in [0.1, 0.15) is 21.9 Å². The first kappa shape index (κ1) is 15.4. The van der Waals surface area contributed by atoms with Crippen LogP contribution in [0.3, 0.4) is 0 Å². The summed E-state index contributed by atoms with van der Waals surface area (Å²) in [6.07, 6.45) is 5.25. The van der Waals surface area contributed by atoms with Crippen molar-refractivity contribution in [2.75, 3.05) is 12.4 Å². The molecule has 120 valence electrons. The van der Waals surface area contributed by atoms with Crippen LogP contribution in [0.4, 0.5) is 0 Å². The van der Waals surface area contributed by atoms with E-state index in [1.54, 1.807) is 30.2 Å². The second-order valence-corrected chi connectivity index (χ2v) is 7.72. The van der Waals surface area contributed by atoms with Crippen molar-refractivity contribution in [3.63, 3.8) is 0 Å². The summed E-state index contributed by atoms with van der Waals surface area (Å²) in [6, 6.07) is 9.31. The molecule has 0 fully saturated rings. The fourth-order valence-corrected chi connectivity index (χ4v) is 5.07. The normalized spacial score (nSPS) is 13.0. The minimum absolute atomic E-state index is 0.606. The summed E-state index contributed by atoms with van der Waals surface area (Å²) < 4.78 is 5.74. The topological polar surface area (TPSA) is 58.8 Å². The van der Waals surface area contributed by atoms with Crippen LogP contribution in [0.25, 0.3) is 10.2 Å². The first-order valence-electron chi connectivity index (χ1n) is 7.86. The average Bonchev–Trinajstić information content (AvgIpc) is 3.20. The van der Waals surface area contributed by atoms with Crippen molar-refractivity contribution in [3.05, 3.63) is 46.6 Å². The monoisotopic (exact) mass is 353 g/mol. The molecule has 4 rings (SSSR count). The van der Waals surface area contributed by atoms with E-state index in [4.69, 9.17) is 10.00 Å². The Labute approximate surface area is 148 Å². The summed E-state index contributed by atoms with van der Waals surface area (Å²) in [7, 11) is 0. The standard InChI is InChI=1S/C18H15N3OS2/c19-10-12-4-6-13(7-5-12)22-8-9-23-17-16-14-2-1-3-15(14)24-18(16)21-11-20-17/h4-7,11H,1-3,8-9H2. The van der Waals surface area contributed by atoms with E-state index in [2.05, 4.69) is 16.0 Å². The zero-order valence-corrected chi connectivity index (χ0v) is 14.6. The lowest BCUT2D eigenvalue weighted by Gasteiger charge is -2.06. The number of aryl methyl sites for hydroxylation is 2. The van der Waals surface area contributed by atoms with Crippen LogP contribution in [0, 0.1) is 11.3 Å². The second kappa shape index (κ2) is 6.80. The molecule has 6 heteroatoms. The Balaban J connectivity index is 1.41. The molecule has 2 aromatic heterocycles. The smallest absolute Gasteiger partial charge is 0.128 e. The third kappa shape index (κ3) is 2.97. The maximum absolute atomic E-state index is 8.80. The molecule has 24 heavy (non-hydrogen) atoms. The van der Waals surface area contributed by atoms with E-state index in [0.29, 0.717) is 12.2 Å². The molecule has 2 heterocycles. The number of thioether (sulfide) groups is 1. The third-order valence-corrected chi connectivity index (χ3v) is 6.19. The predicted octanol–water partition coefficient (Wildman–Crippen LogP) is 4.22. The molecule has 1 aliphatic rings. The molecule has 0 aliphatic heterocycles. The highest BCUT2D eigenvalue weighted by Crippen LogP contribution is 2.39. The SMILES string of the molecule is N#Cc1ccc(OCCSc2ncnc3sc4c(c23)CCC4)cc1. The van der Waals surface area contributed by atoms with Crippen molar-refractivity contribution in [1.82, 2.24) is 9.97 Å². The van der Waals surface area contributed by atoms with Crippen LogP contribution in [-0.4, -0.2) is 22.3 Å². The summed E-state index contributed by atoms with van der Waals surface area (Å²) in [4.78, 5) is 11.5. The molecule has 1 aromatic carbocycles. The number of fused-ring (bicyclic) bond motifs is 3. The van der Waals surface area contributed by atoms with Crippen molar-refractivity contribution in [3.8, 4) is 11.8 Å². The summed E-state index contributed by atoms with van der Waals surface area (Å²) in [5.41, 5.74) is 2.11. The molecule has 0 radical (unpaired) electrons. The zero-order valence-electron chi connectivity index (χ0n) is 13.0. The Kier molecular flexibility index (Phi) is 4.37. The van der Waals surface area contributed by atoms with Gasteiger partial charge in [-0.25, -0.2) is 9.97 Å². The molecule has 3 aromatic rings. The van der Waals surface area contributed by atoms with Crippen LogP contribution in [0.1, 0.15) is 22.4 Å². The summed E-state index contributed by atoms with van der Waals surface area (Å²) in [6.45, 7) is 0.606. The third-order valence-electron chi connectivity index (χ3n) is 4.04. The van der Waals surface area contributed by atoms with Crippen LogP contribution < -0.4 is 4.74 Å². The molecule has 4 nitrogen and oxygen atoms in total. The number of aromatic nitrogens is 2. The van der Waals surface area contributed by atoms with Crippen LogP contribution in [0.2, 0.25) is 0 Å². The summed E-state index contributed by atoms with van der Waals surface area (Å²) in [5.74, 6) is 1.62. The van der Waals surface area contributed by atoms with Gasteiger partial charge in [0.15, 0.2) is 0 Å². The van der Waals surface area contributed by atoms with Gasteiger partial charge in [0, 0.05) is 16.0 Å². The minimum atomic E-state index is 0.606. The molecule has 0 amide bonds. The van der Waals surface area contributed by atoms with Gasteiger partial charge in [-0.05, 0) is 49.1 Å². The van der Waals surface area contributed by atoms with Gasteiger partial charge in [-0.15, -0.1) is 23.1 Å². The van der Waals surface area contributed by atoms with Crippen molar-refractivity contribution in [1.29, 1.82) is 5.26 Å². The Morgan fingerprint density at radius 3 is 2.92 bits per heavy atom. The van der Waals surface area contributed by atoms with E-state index in [0.717, 1.165) is 27.8 Å². The largest absolute Gasteiger partial charge is 0.493 e. The highest BCUT2D eigenvalue weighted by Gasteiger charge is 2.21. The number of ether oxygens (including phenoxy) is 1. The Bertz CT molecular complexity index is 912. The highest BCUT2D eigenvalue weighted by atomic mass is 32.2. The fourth-order valence-electron chi connectivity index (χ4n) is 2.93. The molecule has 0 spiro atoms. The minimum Gasteiger partial charge on any atom is -0.493 e. The lowest BCUT2D eigenvalue weighted by Crippen LogP contribution is -2.00. The number of rotatable bonds is 5. The molecular weight excluding hydrogens is 338 g/mol. The van der Waals surface area contributed by atoms with Gasteiger partial charge in [-0.1, -0.05) is 0 Å². The van der Waals surface area contributed by atoms with E-state index in [1.807, 2.05) is 23.5 Å². The van der Waals surface area contributed by atoms with Crippen molar-refractivity contribution >= 4 is 33.3 Å². The fraction of sp³-hybridized carbons (Fsp3) is 0.278. The van der Waals surface area contributed by atoms with Crippen molar-refractivity contribution < 1.29 is 4.74 Å². The predicted molar refractivity (Wildman–Crippen MR) is 96.8 cm³/mol. The molecule has 0 unspecified atom stereocenters. The molecule has 0 bridgehead atoms. The van der Waals surface area contributed by atoms with Gasteiger partial charge in [0.2, 0.25) is 0 Å². The summed E-state index contributed by atoms with van der Waals surface area (Å²) in [5, 5.41) is 11.1. The van der Waals surface area contributed by atoms with Gasteiger partial charge in [-0.3, -0.25) is 0 Å². The van der Waals surface area contributed by atoms with Gasteiger partial charge < -0.3 is 4.74 Å².